The molecular formula is C13H23F3N2O3. The Balaban J connectivity index is 4.13. The number of carboxylic acid groups (broad SMARTS) is 1. The van der Waals surface area contributed by atoms with Crippen LogP contribution in [-0.4, -0.2) is 36.4 Å². The Labute approximate surface area is 122 Å². The van der Waals surface area contributed by atoms with Gasteiger partial charge in [0.2, 0.25) is 0 Å². The summed E-state index contributed by atoms with van der Waals surface area (Å²) in [5.74, 6) is -0.836. The molecule has 0 aromatic heterocycles. The fourth-order valence-electron chi connectivity index (χ4n) is 1.91. The quantitative estimate of drug-likeness (QED) is 0.676. The highest BCUT2D eigenvalue weighted by molar-refractivity contribution is 5.73. The number of carboxylic acids is 1. The Hall–Kier alpha value is -1.47. The number of hydrogen-bond donors (Lipinski definition) is 3. The van der Waals surface area contributed by atoms with Gasteiger partial charge in [-0.3, -0.25) is 4.79 Å². The molecule has 2 amide bonds. The van der Waals surface area contributed by atoms with Crippen LogP contribution < -0.4 is 10.6 Å². The lowest BCUT2D eigenvalue weighted by Gasteiger charge is -2.30. The molecule has 5 nitrogen and oxygen atoms in total. The number of nitrogens with one attached hydrogen (secondary N) is 2. The van der Waals surface area contributed by atoms with Gasteiger partial charge in [0.15, 0.2) is 0 Å². The van der Waals surface area contributed by atoms with E-state index in [4.69, 9.17) is 5.11 Å². The van der Waals surface area contributed by atoms with Crippen LogP contribution in [0.5, 0.6) is 0 Å². The standard InChI is InChI=1S/C13H23F3N2O3/c1-12(2,3)9(4-5-10(19)20)6-7-17-11(21)18-8-13(14,15)16/h9H,4-8H2,1-3H3,(H,19,20)(H2,17,18,21). The van der Waals surface area contributed by atoms with Gasteiger partial charge in [0.05, 0.1) is 0 Å². The van der Waals surface area contributed by atoms with E-state index < -0.39 is 24.7 Å². The molecule has 0 fully saturated rings. The Kier molecular flexibility index (Phi) is 7.52. The highest BCUT2D eigenvalue weighted by Gasteiger charge is 2.28. The van der Waals surface area contributed by atoms with Gasteiger partial charge in [0, 0.05) is 13.0 Å². The van der Waals surface area contributed by atoms with Crippen LogP contribution in [0.2, 0.25) is 0 Å². The number of alkyl halides is 3. The molecule has 0 saturated carbocycles. The second kappa shape index (κ2) is 8.09. The molecule has 3 N–H and O–H groups in total. The third-order valence-electron chi connectivity index (χ3n) is 3.16. The fraction of sp³-hybridized carbons (Fsp3) is 0.846. The summed E-state index contributed by atoms with van der Waals surface area (Å²) in [6.07, 6.45) is -3.43. The van der Waals surface area contributed by atoms with Crippen molar-refractivity contribution in [2.45, 2.75) is 46.2 Å². The minimum atomic E-state index is -4.44. The first-order valence-corrected chi connectivity index (χ1v) is 6.72. The van der Waals surface area contributed by atoms with Crippen molar-refractivity contribution in [2.75, 3.05) is 13.1 Å². The van der Waals surface area contributed by atoms with Gasteiger partial charge in [0.25, 0.3) is 0 Å². The lowest BCUT2D eigenvalue weighted by Crippen LogP contribution is -2.41. The normalized spacial score (nSPS) is 13.6. The minimum Gasteiger partial charge on any atom is -0.481 e. The van der Waals surface area contributed by atoms with Crippen LogP contribution in [0.1, 0.15) is 40.0 Å². The summed E-state index contributed by atoms with van der Waals surface area (Å²) in [4.78, 5) is 21.8. The van der Waals surface area contributed by atoms with Crippen molar-refractivity contribution in [1.82, 2.24) is 10.6 Å². The molecule has 124 valence electrons. The SMILES string of the molecule is CC(C)(C)C(CCNC(=O)NCC(F)(F)F)CCC(=O)O. The van der Waals surface area contributed by atoms with Gasteiger partial charge >= 0.3 is 18.2 Å². The van der Waals surface area contributed by atoms with Gasteiger partial charge in [0.1, 0.15) is 6.54 Å². The van der Waals surface area contributed by atoms with Crippen molar-refractivity contribution >= 4 is 12.0 Å². The number of rotatable bonds is 7. The van der Waals surface area contributed by atoms with E-state index in [9.17, 15) is 22.8 Å². The van der Waals surface area contributed by atoms with Crippen LogP contribution in [0.4, 0.5) is 18.0 Å². The van der Waals surface area contributed by atoms with E-state index >= 15 is 0 Å². The summed E-state index contributed by atoms with van der Waals surface area (Å²) < 4.78 is 35.7. The Bertz CT molecular complexity index is 352. The monoisotopic (exact) mass is 312 g/mol. The summed E-state index contributed by atoms with van der Waals surface area (Å²) in [6, 6.07) is -0.877. The topological polar surface area (TPSA) is 78.4 Å². The van der Waals surface area contributed by atoms with E-state index in [0.29, 0.717) is 12.8 Å². The average Bonchev–Trinajstić information content (AvgIpc) is 2.28. The van der Waals surface area contributed by atoms with Crippen molar-refractivity contribution in [2.24, 2.45) is 11.3 Å². The minimum absolute atomic E-state index is 0.0300. The maximum absolute atomic E-state index is 11.9. The molecule has 1 unspecified atom stereocenters. The van der Waals surface area contributed by atoms with Gasteiger partial charge in [-0.05, 0) is 24.2 Å². The number of carbonyl (C=O) groups excluding carboxylic acids is 1. The number of carbonyl (C=O) groups is 2. The van der Waals surface area contributed by atoms with Crippen molar-refractivity contribution < 1.29 is 27.9 Å². The second-order valence-corrected chi connectivity index (χ2v) is 6.01. The van der Waals surface area contributed by atoms with Crippen LogP contribution >= 0.6 is 0 Å². The van der Waals surface area contributed by atoms with Gasteiger partial charge in [-0.1, -0.05) is 20.8 Å². The summed E-state index contributed by atoms with van der Waals surface area (Å²) in [6.45, 7) is 4.71. The molecule has 21 heavy (non-hydrogen) atoms. The number of halogens is 3. The van der Waals surface area contributed by atoms with E-state index in [0.717, 1.165) is 0 Å². The summed E-state index contributed by atoms with van der Waals surface area (Å²) in [7, 11) is 0. The van der Waals surface area contributed by atoms with E-state index in [1.807, 2.05) is 20.8 Å². The molecule has 0 radical (unpaired) electrons. The summed E-state index contributed by atoms with van der Waals surface area (Å²) in [5, 5.41) is 12.8. The zero-order valence-corrected chi connectivity index (χ0v) is 12.5. The van der Waals surface area contributed by atoms with Crippen LogP contribution in [0.15, 0.2) is 0 Å². The first kappa shape index (κ1) is 19.5. The Morgan fingerprint density at radius 3 is 2.10 bits per heavy atom. The van der Waals surface area contributed by atoms with Gasteiger partial charge in [-0.25, -0.2) is 4.79 Å². The van der Waals surface area contributed by atoms with Crippen LogP contribution in [0.25, 0.3) is 0 Å². The molecule has 0 aliphatic heterocycles. The summed E-state index contributed by atoms with van der Waals surface area (Å²) >= 11 is 0. The largest absolute Gasteiger partial charge is 0.481 e. The molecule has 0 heterocycles. The third kappa shape index (κ3) is 10.9. The third-order valence-corrected chi connectivity index (χ3v) is 3.16. The number of hydrogen-bond acceptors (Lipinski definition) is 2. The second-order valence-electron chi connectivity index (χ2n) is 6.01. The summed E-state index contributed by atoms with van der Waals surface area (Å²) in [5.41, 5.74) is -0.139. The molecule has 0 aromatic rings. The zero-order valence-electron chi connectivity index (χ0n) is 12.5. The fourth-order valence-corrected chi connectivity index (χ4v) is 1.91. The highest BCUT2D eigenvalue weighted by Crippen LogP contribution is 2.32. The van der Waals surface area contributed by atoms with E-state index in [2.05, 4.69) is 5.32 Å². The maximum atomic E-state index is 11.9. The number of amides is 2. The first-order chi connectivity index (χ1) is 9.42. The predicted octanol–water partition coefficient (Wildman–Crippen LogP) is 2.77. The predicted molar refractivity (Wildman–Crippen MR) is 71.9 cm³/mol. The lowest BCUT2D eigenvalue weighted by molar-refractivity contribution is -0.137. The van der Waals surface area contributed by atoms with Crippen LogP contribution in [-0.2, 0) is 4.79 Å². The highest BCUT2D eigenvalue weighted by atomic mass is 19.4. The maximum Gasteiger partial charge on any atom is 0.405 e. The van der Waals surface area contributed by atoms with Gasteiger partial charge < -0.3 is 15.7 Å². The van der Waals surface area contributed by atoms with Crippen molar-refractivity contribution in [3.63, 3.8) is 0 Å². The molecule has 8 heteroatoms. The number of urea groups is 1. The van der Waals surface area contributed by atoms with Crippen molar-refractivity contribution in [3.8, 4) is 0 Å². The van der Waals surface area contributed by atoms with Crippen molar-refractivity contribution in [3.05, 3.63) is 0 Å². The average molecular weight is 312 g/mol. The van der Waals surface area contributed by atoms with E-state index in [-0.39, 0.29) is 24.3 Å². The van der Waals surface area contributed by atoms with Gasteiger partial charge in [-0.2, -0.15) is 13.2 Å². The molecule has 0 aromatic carbocycles. The Morgan fingerprint density at radius 2 is 1.67 bits per heavy atom. The molecule has 0 spiro atoms. The van der Waals surface area contributed by atoms with Crippen molar-refractivity contribution in [1.29, 1.82) is 0 Å². The van der Waals surface area contributed by atoms with E-state index in [1.165, 1.54) is 0 Å². The first-order valence-electron chi connectivity index (χ1n) is 6.72. The zero-order chi connectivity index (χ0) is 16.7. The molecule has 0 bridgehead atoms. The molecule has 0 saturated heterocycles. The lowest BCUT2D eigenvalue weighted by atomic mass is 9.76. The molecule has 0 aliphatic carbocycles. The van der Waals surface area contributed by atoms with Gasteiger partial charge in [-0.15, -0.1) is 0 Å². The number of aliphatic carboxylic acids is 1. The van der Waals surface area contributed by atoms with E-state index in [1.54, 1.807) is 5.32 Å². The van der Waals surface area contributed by atoms with Crippen LogP contribution in [0, 0.1) is 11.3 Å². The molecular weight excluding hydrogens is 289 g/mol. The Morgan fingerprint density at radius 1 is 1.10 bits per heavy atom. The van der Waals surface area contributed by atoms with Crippen LogP contribution in [0.3, 0.4) is 0 Å². The smallest absolute Gasteiger partial charge is 0.405 e. The molecule has 0 aliphatic rings. The molecule has 0 rings (SSSR count). The molecule has 1 atom stereocenters.